The van der Waals surface area contributed by atoms with Crippen LogP contribution in [0.4, 0.5) is 0 Å². The van der Waals surface area contributed by atoms with E-state index in [4.69, 9.17) is 5.73 Å². The summed E-state index contributed by atoms with van der Waals surface area (Å²) in [5.74, 6) is 0. The maximum Gasteiger partial charge on any atom is 0.0167 e. The molecule has 1 unspecified atom stereocenters. The molecule has 2 nitrogen and oxygen atoms in total. The van der Waals surface area contributed by atoms with Crippen LogP contribution in [-0.4, -0.2) is 31.1 Å². The van der Waals surface area contributed by atoms with Crippen molar-refractivity contribution in [2.24, 2.45) is 11.1 Å². The van der Waals surface area contributed by atoms with Gasteiger partial charge in [-0.15, -0.1) is 0 Å². The van der Waals surface area contributed by atoms with Crippen molar-refractivity contribution in [2.75, 3.05) is 20.1 Å². The minimum absolute atomic E-state index is 0.345. The van der Waals surface area contributed by atoms with Crippen molar-refractivity contribution in [1.82, 2.24) is 4.90 Å². The van der Waals surface area contributed by atoms with Gasteiger partial charge in [0, 0.05) is 19.1 Å². The van der Waals surface area contributed by atoms with E-state index in [2.05, 4.69) is 39.6 Å². The summed E-state index contributed by atoms with van der Waals surface area (Å²) in [7, 11) is 2.15. The first-order chi connectivity index (χ1) is 5.85. The first-order valence-corrected chi connectivity index (χ1v) is 5.29. The van der Waals surface area contributed by atoms with Crippen molar-refractivity contribution in [2.45, 2.75) is 46.6 Å². The highest BCUT2D eigenvalue weighted by Gasteiger charge is 2.14. The first-order valence-electron chi connectivity index (χ1n) is 5.29. The van der Waals surface area contributed by atoms with Gasteiger partial charge in [0.05, 0.1) is 0 Å². The lowest BCUT2D eigenvalue weighted by Gasteiger charge is -2.28. The fourth-order valence-electron chi connectivity index (χ4n) is 1.74. The molecule has 2 N–H and O–H groups in total. The van der Waals surface area contributed by atoms with E-state index in [1.165, 1.54) is 6.42 Å². The summed E-state index contributed by atoms with van der Waals surface area (Å²) in [4.78, 5) is 2.33. The number of nitrogens with zero attached hydrogens (tertiary/aromatic N) is 1. The second kappa shape index (κ2) is 5.61. The third kappa shape index (κ3) is 8.26. The molecule has 13 heavy (non-hydrogen) atoms. The van der Waals surface area contributed by atoms with E-state index in [0.717, 1.165) is 19.5 Å². The maximum atomic E-state index is 5.96. The summed E-state index contributed by atoms with van der Waals surface area (Å²) in [6.45, 7) is 11.1. The van der Waals surface area contributed by atoms with Crippen molar-refractivity contribution in [3.05, 3.63) is 0 Å². The monoisotopic (exact) mass is 186 g/mol. The number of nitrogens with two attached hydrogens (primary N) is 1. The molecule has 0 spiro atoms. The van der Waals surface area contributed by atoms with Crippen LogP contribution in [0.25, 0.3) is 0 Å². The first kappa shape index (κ1) is 12.9. The highest BCUT2D eigenvalue weighted by Crippen LogP contribution is 2.14. The van der Waals surface area contributed by atoms with Gasteiger partial charge in [0.15, 0.2) is 0 Å². The molecule has 0 aliphatic heterocycles. The second-order valence-corrected chi connectivity index (χ2v) is 5.31. The summed E-state index contributed by atoms with van der Waals surface area (Å²) < 4.78 is 0. The van der Waals surface area contributed by atoms with Crippen LogP contribution in [0.5, 0.6) is 0 Å². The predicted molar refractivity (Wildman–Crippen MR) is 59.8 cm³/mol. The largest absolute Gasteiger partial charge is 0.327 e. The third-order valence-corrected chi connectivity index (χ3v) is 1.95. The summed E-state index contributed by atoms with van der Waals surface area (Å²) >= 11 is 0. The lowest BCUT2D eigenvalue weighted by atomic mass is 9.96. The van der Waals surface area contributed by atoms with E-state index in [0.29, 0.717) is 11.5 Å². The Labute approximate surface area is 83.5 Å². The second-order valence-electron chi connectivity index (χ2n) is 5.31. The van der Waals surface area contributed by atoms with Crippen LogP contribution in [0.2, 0.25) is 0 Å². The zero-order chi connectivity index (χ0) is 10.5. The molecule has 0 radical (unpaired) electrons. The third-order valence-electron chi connectivity index (χ3n) is 1.95. The van der Waals surface area contributed by atoms with Gasteiger partial charge in [0.25, 0.3) is 0 Å². The van der Waals surface area contributed by atoms with Crippen LogP contribution in [0.15, 0.2) is 0 Å². The molecule has 0 aliphatic carbocycles. The van der Waals surface area contributed by atoms with Crippen LogP contribution < -0.4 is 5.73 Å². The topological polar surface area (TPSA) is 29.3 Å². The smallest absolute Gasteiger partial charge is 0.0167 e. The van der Waals surface area contributed by atoms with Gasteiger partial charge in [0.1, 0.15) is 0 Å². The standard InChI is InChI=1S/C11H26N2/c1-6-7-10(12)8-13(5)9-11(2,3)4/h10H,6-9,12H2,1-5H3. The molecule has 0 aliphatic rings. The Bertz CT molecular complexity index is 127. The van der Waals surface area contributed by atoms with Crippen LogP contribution in [0.3, 0.4) is 0 Å². The molecule has 0 aromatic rings. The van der Waals surface area contributed by atoms with E-state index in [1.807, 2.05) is 0 Å². The van der Waals surface area contributed by atoms with Gasteiger partial charge in [-0.1, -0.05) is 34.1 Å². The summed E-state index contributed by atoms with van der Waals surface area (Å²) in [6, 6.07) is 0.345. The Kier molecular flexibility index (Phi) is 5.57. The maximum absolute atomic E-state index is 5.96. The van der Waals surface area contributed by atoms with Gasteiger partial charge in [-0.2, -0.15) is 0 Å². The van der Waals surface area contributed by atoms with Crippen molar-refractivity contribution >= 4 is 0 Å². The lowest BCUT2D eigenvalue weighted by molar-refractivity contribution is 0.214. The number of hydrogen-bond acceptors (Lipinski definition) is 2. The molecule has 0 aromatic carbocycles. The molecule has 0 bridgehead atoms. The molecule has 0 heterocycles. The van der Waals surface area contributed by atoms with Gasteiger partial charge in [-0.25, -0.2) is 0 Å². The number of hydrogen-bond donors (Lipinski definition) is 1. The van der Waals surface area contributed by atoms with Crippen LogP contribution >= 0.6 is 0 Å². The van der Waals surface area contributed by atoms with Gasteiger partial charge >= 0.3 is 0 Å². The molecular weight excluding hydrogens is 160 g/mol. The van der Waals surface area contributed by atoms with Gasteiger partial charge in [-0.3, -0.25) is 0 Å². The Balaban J connectivity index is 3.67. The molecule has 80 valence electrons. The number of likely N-dealkylation sites (N-methyl/N-ethyl adjacent to an activating group) is 1. The molecule has 0 fully saturated rings. The summed E-state index contributed by atoms with van der Waals surface area (Å²) in [5.41, 5.74) is 6.34. The zero-order valence-corrected chi connectivity index (χ0v) is 9.93. The normalized spacial score (nSPS) is 15.0. The highest BCUT2D eigenvalue weighted by atomic mass is 15.1. The average Bonchev–Trinajstić information content (AvgIpc) is 1.81. The number of rotatable bonds is 5. The lowest BCUT2D eigenvalue weighted by Crippen LogP contribution is -2.39. The van der Waals surface area contributed by atoms with Crippen molar-refractivity contribution in [3.8, 4) is 0 Å². The van der Waals surface area contributed by atoms with Crippen LogP contribution in [-0.2, 0) is 0 Å². The van der Waals surface area contributed by atoms with Crippen molar-refractivity contribution < 1.29 is 0 Å². The van der Waals surface area contributed by atoms with E-state index >= 15 is 0 Å². The molecule has 0 saturated heterocycles. The quantitative estimate of drug-likeness (QED) is 0.712. The molecule has 1 atom stereocenters. The highest BCUT2D eigenvalue weighted by molar-refractivity contribution is 4.71. The Hall–Kier alpha value is -0.0800. The fourth-order valence-corrected chi connectivity index (χ4v) is 1.74. The Morgan fingerprint density at radius 1 is 1.31 bits per heavy atom. The minimum Gasteiger partial charge on any atom is -0.327 e. The predicted octanol–water partition coefficient (Wildman–Crippen LogP) is 2.09. The SMILES string of the molecule is CCCC(N)CN(C)CC(C)(C)C. The molecular formula is C11H26N2. The fraction of sp³-hybridized carbons (Fsp3) is 1.00. The average molecular weight is 186 g/mol. The van der Waals surface area contributed by atoms with Gasteiger partial charge < -0.3 is 10.6 Å². The van der Waals surface area contributed by atoms with Gasteiger partial charge in [-0.05, 0) is 18.9 Å². The van der Waals surface area contributed by atoms with Crippen molar-refractivity contribution in [3.63, 3.8) is 0 Å². The Morgan fingerprint density at radius 2 is 1.85 bits per heavy atom. The minimum atomic E-state index is 0.345. The Morgan fingerprint density at radius 3 is 2.23 bits per heavy atom. The van der Waals surface area contributed by atoms with E-state index in [9.17, 15) is 0 Å². The zero-order valence-electron chi connectivity index (χ0n) is 9.93. The van der Waals surface area contributed by atoms with Gasteiger partial charge in [0.2, 0.25) is 0 Å². The molecule has 2 heteroatoms. The van der Waals surface area contributed by atoms with Crippen LogP contribution in [0, 0.1) is 5.41 Å². The summed E-state index contributed by atoms with van der Waals surface area (Å²) in [6.07, 6.45) is 2.32. The molecule has 0 saturated carbocycles. The van der Waals surface area contributed by atoms with Crippen LogP contribution in [0.1, 0.15) is 40.5 Å². The van der Waals surface area contributed by atoms with E-state index in [1.54, 1.807) is 0 Å². The van der Waals surface area contributed by atoms with Crippen molar-refractivity contribution in [1.29, 1.82) is 0 Å². The van der Waals surface area contributed by atoms with E-state index in [-0.39, 0.29) is 0 Å². The molecule has 0 aromatic heterocycles. The molecule has 0 amide bonds. The van der Waals surface area contributed by atoms with E-state index < -0.39 is 0 Å². The molecule has 0 rings (SSSR count). The summed E-state index contributed by atoms with van der Waals surface area (Å²) in [5, 5.41) is 0.